The van der Waals surface area contributed by atoms with Crippen molar-refractivity contribution in [1.29, 1.82) is 0 Å². The van der Waals surface area contributed by atoms with Gasteiger partial charge in [-0.05, 0) is 12.8 Å². The molecular formula is C9H14O2. The van der Waals surface area contributed by atoms with Gasteiger partial charge in [-0.1, -0.05) is 12.2 Å². The Hall–Kier alpha value is -0.340. The number of hydrogen-bond donors (Lipinski definition) is 0. The molecule has 0 atom stereocenters. The monoisotopic (exact) mass is 158 g/mol. The highest BCUT2D eigenvalue weighted by Gasteiger charge is 2.38. The minimum absolute atomic E-state index is 0.477. The standard InChI is InChI=1S/C9H14O2/c1-8-2-4-9(5-3-8)10-6-7-11-9/h1-7H2/i6D2,7D2. The predicted molar refractivity (Wildman–Crippen MR) is 42.2 cm³/mol. The van der Waals surface area contributed by atoms with Gasteiger partial charge in [0.25, 0.3) is 0 Å². The first-order valence-electron chi connectivity index (χ1n) is 5.83. The van der Waals surface area contributed by atoms with Crippen LogP contribution in [0.1, 0.15) is 31.2 Å². The molecule has 62 valence electrons. The summed E-state index contributed by atoms with van der Waals surface area (Å²) in [6.07, 6.45) is 2.36. The van der Waals surface area contributed by atoms with Crippen molar-refractivity contribution >= 4 is 0 Å². The first kappa shape index (κ1) is 4.06. The molecule has 2 aliphatic rings. The summed E-state index contributed by atoms with van der Waals surface area (Å²) >= 11 is 0. The zero-order valence-corrected chi connectivity index (χ0v) is 6.35. The van der Waals surface area contributed by atoms with E-state index in [2.05, 4.69) is 6.58 Å². The van der Waals surface area contributed by atoms with E-state index < -0.39 is 18.9 Å². The molecule has 1 saturated carbocycles. The third-order valence-corrected chi connectivity index (χ3v) is 2.23. The highest BCUT2D eigenvalue weighted by Crippen LogP contribution is 2.37. The third kappa shape index (κ3) is 1.33. The molecular weight excluding hydrogens is 140 g/mol. The van der Waals surface area contributed by atoms with Gasteiger partial charge >= 0.3 is 0 Å². The van der Waals surface area contributed by atoms with Crippen LogP contribution in [0.5, 0.6) is 0 Å². The van der Waals surface area contributed by atoms with Gasteiger partial charge in [0.15, 0.2) is 5.79 Å². The Balaban J connectivity index is 2.17. The second-order valence-corrected chi connectivity index (χ2v) is 3.07. The number of rotatable bonds is 0. The fourth-order valence-corrected chi connectivity index (χ4v) is 1.44. The van der Waals surface area contributed by atoms with Gasteiger partial charge in [-0.2, -0.15) is 0 Å². The van der Waals surface area contributed by atoms with E-state index in [9.17, 15) is 0 Å². The molecule has 1 aliphatic heterocycles. The third-order valence-electron chi connectivity index (χ3n) is 2.23. The zero-order chi connectivity index (χ0) is 11.3. The van der Waals surface area contributed by atoms with Gasteiger partial charge in [-0.15, -0.1) is 0 Å². The van der Waals surface area contributed by atoms with Gasteiger partial charge < -0.3 is 9.47 Å². The fourth-order valence-electron chi connectivity index (χ4n) is 1.44. The highest BCUT2D eigenvalue weighted by molar-refractivity contribution is 5.01. The van der Waals surface area contributed by atoms with Crippen LogP contribution in [0.4, 0.5) is 0 Å². The van der Waals surface area contributed by atoms with Crippen molar-refractivity contribution in [2.24, 2.45) is 0 Å². The quantitative estimate of drug-likeness (QED) is 0.501. The Bertz CT molecular complexity index is 272. The molecule has 0 radical (unpaired) electrons. The normalized spacial score (nSPS) is 44.2. The van der Waals surface area contributed by atoms with Crippen molar-refractivity contribution in [3.63, 3.8) is 0 Å². The van der Waals surface area contributed by atoms with E-state index in [-0.39, 0.29) is 0 Å². The zero-order valence-electron chi connectivity index (χ0n) is 10.4. The van der Waals surface area contributed by atoms with Gasteiger partial charge in [-0.3, -0.25) is 0 Å². The van der Waals surface area contributed by atoms with Gasteiger partial charge in [0, 0.05) is 12.8 Å². The van der Waals surface area contributed by atoms with E-state index >= 15 is 0 Å². The lowest BCUT2D eigenvalue weighted by atomic mass is 9.91. The minimum atomic E-state index is -2.37. The maximum Gasteiger partial charge on any atom is 0.169 e. The molecule has 0 aromatic rings. The molecule has 2 fully saturated rings. The fraction of sp³-hybridized carbons (Fsp3) is 0.778. The van der Waals surface area contributed by atoms with Crippen molar-refractivity contribution in [1.82, 2.24) is 0 Å². The minimum Gasteiger partial charge on any atom is -0.348 e. The van der Waals surface area contributed by atoms with Crippen LogP contribution >= 0.6 is 0 Å². The first-order chi connectivity index (χ1) is 6.77. The van der Waals surface area contributed by atoms with E-state index in [1.54, 1.807) is 0 Å². The average Bonchev–Trinajstić information content (AvgIpc) is 2.25. The summed E-state index contributed by atoms with van der Waals surface area (Å²) in [5.41, 5.74) is 1.08. The molecule has 2 heteroatoms. The van der Waals surface area contributed by atoms with Crippen LogP contribution in [-0.2, 0) is 9.47 Å². The van der Waals surface area contributed by atoms with Crippen molar-refractivity contribution in [3.05, 3.63) is 12.2 Å². The molecule has 1 saturated heterocycles. The Kier molecular flexibility index (Phi) is 0.962. The van der Waals surface area contributed by atoms with E-state index in [0.29, 0.717) is 25.7 Å². The largest absolute Gasteiger partial charge is 0.348 e. The summed E-state index contributed by atoms with van der Waals surface area (Å²) in [6.45, 7) is -0.896. The average molecular weight is 158 g/mol. The molecule has 1 heterocycles. The van der Waals surface area contributed by atoms with Crippen LogP contribution in [-0.4, -0.2) is 18.9 Å². The molecule has 11 heavy (non-hydrogen) atoms. The van der Waals surface area contributed by atoms with E-state index in [4.69, 9.17) is 15.0 Å². The highest BCUT2D eigenvalue weighted by atomic mass is 16.7. The second kappa shape index (κ2) is 2.61. The smallest absolute Gasteiger partial charge is 0.169 e. The second-order valence-electron chi connectivity index (χ2n) is 3.07. The number of ether oxygens (including phenoxy) is 2. The molecule has 0 amide bonds. The molecule has 0 aromatic carbocycles. The number of allylic oxidation sites excluding steroid dienone is 1. The van der Waals surface area contributed by atoms with Crippen molar-refractivity contribution in [3.8, 4) is 0 Å². The molecule has 0 N–H and O–H groups in total. The van der Waals surface area contributed by atoms with Gasteiger partial charge in [0.2, 0.25) is 0 Å². The van der Waals surface area contributed by atoms with Crippen LogP contribution in [0, 0.1) is 0 Å². The summed E-state index contributed by atoms with van der Waals surface area (Å²) in [7, 11) is 0. The summed E-state index contributed by atoms with van der Waals surface area (Å²) in [6, 6.07) is 0. The molecule has 1 spiro atoms. The molecule has 0 aromatic heterocycles. The lowest BCUT2D eigenvalue weighted by Crippen LogP contribution is -2.32. The van der Waals surface area contributed by atoms with Gasteiger partial charge in [0.05, 0.1) is 18.6 Å². The maximum atomic E-state index is 7.42. The van der Waals surface area contributed by atoms with Gasteiger partial charge in [0.1, 0.15) is 0 Å². The van der Waals surface area contributed by atoms with E-state index in [0.717, 1.165) is 5.57 Å². The lowest BCUT2D eigenvalue weighted by Gasteiger charge is -2.32. The summed E-state index contributed by atoms with van der Waals surface area (Å²) in [4.78, 5) is 0. The maximum absolute atomic E-state index is 7.42. The van der Waals surface area contributed by atoms with Crippen molar-refractivity contribution < 1.29 is 15.0 Å². The Morgan fingerprint density at radius 3 is 2.36 bits per heavy atom. The lowest BCUT2D eigenvalue weighted by molar-refractivity contribution is -0.171. The Morgan fingerprint density at radius 2 is 1.82 bits per heavy atom. The Labute approximate surface area is 72.8 Å². The SMILES string of the molecule is [2H]C1([2H])OC2(CCC(=C)CC2)OC1([2H])[2H]. The van der Waals surface area contributed by atoms with E-state index in [1.807, 2.05) is 0 Å². The summed E-state index contributed by atoms with van der Waals surface area (Å²) < 4.78 is 40.0. The molecule has 2 nitrogen and oxygen atoms in total. The number of hydrogen-bond acceptors (Lipinski definition) is 2. The van der Waals surface area contributed by atoms with Crippen LogP contribution in [0.25, 0.3) is 0 Å². The summed E-state index contributed by atoms with van der Waals surface area (Å²) in [5, 5.41) is 0. The van der Waals surface area contributed by atoms with Crippen LogP contribution in [0.3, 0.4) is 0 Å². The van der Waals surface area contributed by atoms with Crippen LogP contribution < -0.4 is 0 Å². The molecule has 0 unspecified atom stereocenters. The van der Waals surface area contributed by atoms with Crippen LogP contribution in [0.15, 0.2) is 12.2 Å². The van der Waals surface area contributed by atoms with Crippen molar-refractivity contribution in [2.75, 3.05) is 13.1 Å². The predicted octanol–water partition coefficient (Wildman–Crippen LogP) is 1.86. The van der Waals surface area contributed by atoms with Crippen LogP contribution in [0.2, 0.25) is 0 Å². The molecule has 2 rings (SSSR count). The topological polar surface area (TPSA) is 18.5 Å². The summed E-state index contributed by atoms with van der Waals surface area (Å²) in [5.74, 6) is -1.09. The Morgan fingerprint density at radius 1 is 1.27 bits per heavy atom. The molecule has 1 aliphatic carbocycles. The first-order valence-corrected chi connectivity index (χ1v) is 3.83. The van der Waals surface area contributed by atoms with Gasteiger partial charge in [-0.25, -0.2) is 0 Å². The van der Waals surface area contributed by atoms with Crippen molar-refractivity contribution in [2.45, 2.75) is 31.5 Å². The molecule has 0 bridgehead atoms. The van der Waals surface area contributed by atoms with E-state index in [1.165, 1.54) is 0 Å².